The number of aliphatic imine (C=N–C) groups is 3. The number of carbonyl (C=O) groups excluding carboxylic acids is 2. The van der Waals surface area contributed by atoms with Crippen molar-refractivity contribution in [2.75, 3.05) is 27.4 Å². The van der Waals surface area contributed by atoms with Gasteiger partial charge in [-0.2, -0.15) is 9.98 Å². The van der Waals surface area contributed by atoms with E-state index in [4.69, 9.17) is 23.7 Å². The maximum atomic E-state index is 13.0. The van der Waals surface area contributed by atoms with Gasteiger partial charge in [0, 0.05) is 12.3 Å². The van der Waals surface area contributed by atoms with Crippen molar-refractivity contribution in [2.45, 2.75) is 55.9 Å². The Morgan fingerprint density at radius 2 is 1.64 bits per heavy atom. The summed E-state index contributed by atoms with van der Waals surface area (Å²) in [5, 5.41) is 14.4. The van der Waals surface area contributed by atoms with Gasteiger partial charge in [-0.25, -0.2) is 0 Å². The lowest BCUT2D eigenvalue weighted by Crippen LogP contribution is -2.55. The molecule has 2 N–H and O–H groups in total. The minimum Gasteiger partial charge on any atom is -0.497 e. The molecular formula is C37H39N5O8. The highest BCUT2D eigenvalue weighted by Gasteiger charge is 2.61. The molecule has 5 atom stereocenters. The number of carbonyl (C=O) groups is 2. The lowest BCUT2D eigenvalue weighted by Gasteiger charge is -2.41. The van der Waals surface area contributed by atoms with Gasteiger partial charge in [0.1, 0.15) is 34.9 Å². The molecule has 2 bridgehead atoms. The van der Waals surface area contributed by atoms with E-state index < -0.39 is 47.5 Å². The summed E-state index contributed by atoms with van der Waals surface area (Å²) in [5.41, 5.74) is 0.167. The van der Waals surface area contributed by atoms with Gasteiger partial charge in [-0.1, -0.05) is 68.4 Å². The van der Waals surface area contributed by atoms with Crippen LogP contribution in [0.15, 0.2) is 93.8 Å². The minimum absolute atomic E-state index is 0.0333. The fourth-order valence-corrected chi connectivity index (χ4v) is 6.80. The van der Waals surface area contributed by atoms with Gasteiger partial charge in [0.05, 0.1) is 33.8 Å². The molecular weight excluding hydrogens is 642 g/mol. The summed E-state index contributed by atoms with van der Waals surface area (Å²) >= 11 is 0. The molecule has 3 aromatic rings. The third-order valence-corrected chi connectivity index (χ3v) is 9.57. The number of amidine groups is 1. The SMILES string of the molecule is COc1ccc(C(OC[C@@]23CCO[C@@H]([C@H](N4C=NC5C(=O)NC(=NC(=O)C(C)C)N=C54)O2)[C@@H]3O)(c2ccccc2)c2ccc(OC)cc2)cc1. The molecule has 2 fully saturated rings. The molecule has 7 rings (SSSR count). The lowest BCUT2D eigenvalue weighted by atomic mass is 9.79. The van der Waals surface area contributed by atoms with Crippen LogP contribution in [-0.2, 0) is 29.4 Å². The fourth-order valence-electron chi connectivity index (χ4n) is 6.80. The zero-order chi connectivity index (χ0) is 35.0. The molecule has 4 heterocycles. The first-order valence-electron chi connectivity index (χ1n) is 16.5. The number of hydrogen-bond donors (Lipinski definition) is 2. The van der Waals surface area contributed by atoms with Crippen molar-refractivity contribution in [1.29, 1.82) is 0 Å². The van der Waals surface area contributed by atoms with E-state index >= 15 is 0 Å². The monoisotopic (exact) mass is 681 g/mol. The number of rotatable bonds is 10. The summed E-state index contributed by atoms with van der Waals surface area (Å²) in [4.78, 5) is 39.7. The summed E-state index contributed by atoms with van der Waals surface area (Å²) < 4.78 is 31.0. The Kier molecular flexibility index (Phi) is 8.99. The van der Waals surface area contributed by atoms with Crippen LogP contribution in [0.25, 0.3) is 0 Å². The molecule has 4 aliphatic rings. The fraction of sp³-hybridized carbons (Fsp3) is 0.378. The van der Waals surface area contributed by atoms with Gasteiger partial charge < -0.3 is 28.8 Å². The molecule has 260 valence electrons. The zero-order valence-corrected chi connectivity index (χ0v) is 28.2. The predicted octanol–water partition coefficient (Wildman–Crippen LogP) is 3.04. The number of ether oxygens (including phenoxy) is 5. The average molecular weight is 682 g/mol. The van der Waals surface area contributed by atoms with E-state index in [0.29, 0.717) is 24.5 Å². The lowest BCUT2D eigenvalue weighted by molar-refractivity contribution is -0.172. The number of aliphatic hydroxyl groups is 1. The molecule has 2 amide bonds. The Bertz CT molecular complexity index is 1780. The van der Waals surface area contributed by atoms with Crippen molar-refractivity contribution >= 4 is 29.9 Å². The number of nitrogens with one attached hydrogen (secondary N) is 1. The maximum absolute atomic E-state index is 13.0. The van der Waals surface area contributed by atoms with E-state index in [-0.39, 0.29) is 24.3 Å². The van der Waals surface area contributed by atoms with Crippen LogP contribution in [-0.4, -0.2) is 97.5 Å². The number of methoxy groups -OCH3 is 2. The summed E-state index contributed by atoms with van der Waals surface area (Å²) in [7, 11) is 3.24. The molecule has 13 heteroatoms. The molecule has 0 spiro atoms. The number of hydrogen-bond acceptors (Lipinski definition) is 10. The van der Waals surface area contributed by atoms with Crippen LogP contribution in [0.1, 0.15) is 37.0 Å². The summed E-state index contributed by atoms with van der Waals surface area (Å²) in [6.07, 6.45) is -1.05. The van der Waals surface area contributed by atoms with Gasteiger partial charge in [0.25, 0.3) is 11.8 Å². The third kappa shape index (κ3) is 5.75. The molecule has 0 saturated carbocycles. The number of fused-ring (bicyclic) bond motifs is 3. The Morgan fingerprint density at radius 1 is 1.02 bits per heavy atom. The minimum atomic E-state index is -1.21. The standard InChI is InChI=1S/C37H39N5O8/c1-22(2)32(44)40-35-39-31-28(33(45)41-35)38-21-42(31)34-29-30(43)36(50-34,18-19-48-29)20-49-37(23-8-6-5-7-9-23,24-10-14-26(46-3)15-11-24)25-12-16-27(47-4)17-13-25/h5-17,21-22,28-30,34,43H,18-20H2,1-4H3,(H,40,41,44,45)/t28?,29-,30+,34-,36-/m1/s1. The summed E-state index contributed by atoms with van der Waals surface area (Å²) in [6, 6.07) is 24.3. The van der Waals surface area contributed by atoms with Crippen molar-refractivity contribution in [3.8, 4) is 11.5 Å². The van der Waals surface area contributed by atoms with E-state index in [1.165, 1.54) is 6.34 Å². The largest absolute Gasteiger partial charge is 0.497 e. The molecule has 50 heavy (non-hydrogen) atoms. The first kappa shape index (κ1) is 33.5. The van der Waals surface area contributed by atoms with E-state index in [1.807, 2.05) is 78.9 Å². The highest BCUT2D eigenvalue weighted by atomic mass is 16.6. The molecule has 1 unspecified atom stereocenters. The maximum Gasteiger partial charge on any atom is 0.259 e. The van der Waals surface area contributed by atoms with Crippen LogP contribution in [0.2, 0.25) is 0 Å². The first-order chi connectivity index (χ1) is 24.2. The van der Waals surface area contributed by atoms with E-state index in [2.05, 4.69) is 20.3 Å². The van der Waals surface area contributed by atoms with Crippen LogP contribution in [0, 0.1) is 5.92 Å². The van der Waals surface area contributed by atoms with Gasteiger partial charge in [-0.15, -0.1) is 0 Å². The van der Waals surface area contributed by atoms with E-state index in [1.54, 1.807) is 33.0 Å². The first-order valence-corrected chi connectivity index (χ1v) is 16.5. The van der Waals surface area contributed by atoms with Crippen molar-refractivity contribution in [2.24, 2.45) is 20.9 Å². The second-order valence-corrected chi connectivity index (χ2v) is 12.9. The van der Waals surface area contributed by atoms with Crippen LogP contribution >= 0.6 is 0 Å². The molecule has 4 aliphatic heterocycles. The predicted molar refractivity (Wildman–Crippen MR) is 183 cm³/mol. The van der Waals surface area contributed by atoms with Crippen molar-refractivity contribution in [3.63, 3.8) is 0 Å². The number of guanidine groups is 1. The second kappa shape index (κ2) is 13.4. The quantitative estimate of drug-likeness (QED) is 0.308. The summed E-state index contributed by atoms with van der Waals surface area (Å²) in [6.45, 7) is 3.68. The zero-order valence-electron chi connectivity index (χ0n) is 28.2. The number of amides is 2. The highest BCUT2D eigenvalue weighted by Crippen LogP contribution is 2.47. The van der Waals surface area contributed by atoms with Gasteiger partial charge in [-0.3, -0.25) is 24.8 Å². The normalized spacial score (nSPS) is 26.5. The smallest absolute Gasteiger partial charge is 0.259 e. The van der Waals surface area contributed by atoms with Gasteiger partial charge >= 0.3 is 0 Å². The summed E-state index contributed by atoms with van der Waals surface area (Å²) in [5.74, 6) is 0.211. The second-order valence-electron chi connectivity index (χ2n) is 12.9. The van der Waals surface area contributed by atoms with Gasteiger partial charge in [0.2, 0.25) is 5.96 Å². The number of benzene rings is 3. The molecule has 13 nitrogen and oxygen atoms in total. The van der Waals surface area contributed by atoms with E-state index in [0.717, 1.165) is 16.7 Å². The van der Waals surface area contributed by atoms with Gasteiger partial charge in [0.15, 0.2) is 18.1 Å². The molecule has 0 radical (unpaired) electrons. The highest BCUT2D eigenvalue weighted by molar-refractivity contribution is 6.24. The molecule has 3 aromatic carbocycles. The molecule has 0 aromatic heterocycles. The van der Waals surface area contributed by atoms with Crippen molar-refractivity contribution < 1.29 is 38.4 Å². The average Bonchev–Trinajstić information content (AvgIpc) is 3.61. The van der Waals surface area contributed by atoms with Crippen LogP contribution in [0.5, 0.6) is 11.5 Å². The molecule has 2 saturated heterocycles. The Hall–Kier alpha value is -4.95. The third-order valence-electron chi connectivity index (χ3n) is 9.57. The van der Waals surface area contributed by atoms with E-state index in [9.17, 15) is 14.7 Å². The topological polar surface area (TPSA) is 153 Å². The van der Waals surface area contributed by atoms with Crippen LogP contribution in [0.4, 0.5) is 0 Å². The Balaban J connectivity index is 1.26. The molecule has 0 aliphatic carbocycles. The van der Waals surface area contributed by atoms with Crippen molar-refractivity contribution in [3.05, 3.63) is 95.6 Å². The number of nitrogens with zero attached hydrogens (tertiary/aromatic N) is 4. The Labute approximate surface area is 289 Å². The van der Waals surface area contributed by atoms with Crippen LogP contribution in [0.3, 0.4) is 0 Å². The van der Waals surface area contributed by atoms with Gasteiger partial charge in [-0.05, 0) is 41.0 Å². The van der Waals surface area contributed by atoms with Crippen LogP contribution < -0.4 is 14.8 Å². The number of aliphatic hydroxyl groups excluding tert-OH is 1. The van der Waals surface area contributed by atoms with Crippen molar-refractivity contribution in [1.82, 2.24) is 10.2 Å². The Morgan fingerprint density at radius 3 is 2.24 bits per heavy atom.